The van der Waals surface area contributed by atoms with E-state index >= 15 is 0 Å². The van der Waals surface area contributed by atoms with E-state index in [-0.39, 0.29) is 12.1 Å². The van der Waals surface area contributed by atoms with Crippen molar-refractivity contribution < 1.29 is 9.59 Å². The van der Waals surface area contributed by atoms with E-state index in [1.807, 2.05) is 109 Å². The lowest BCUT2D eigenvalue weighted by Gasteiger charge is -2.46. The number of rotatable bonds is 4. The highest BCUT2D eigenvalue weighted by Crippen LogP contribution is 2.53. The van der Waals surface area contributed by atoms with Crippen molar-refractivity contribution in [1.82, 2.24) is 0 Å². The van der Waals surface area contributed by atoms with Crippen molar-refractivity contribution in [3.05, 3.63) is 121 Å². The molecule has 0 radical (unpaired) electrons. The Balaban J connectivity index is 1.75. The molecule has 5 nitrogen and oxygen atoms in total. The monoisotopic (exact) mass is 437 g/mol. The Morgan fingerprint density at radius 3 is 1.19 bits per heavy atom. The maximum atomic E-state index is 13.9. The topological polar surface area (TPSA) is 43.9 Å². The zero-order valence-corrected chi connectivity index (χ0v) is 18.0. The van der Waals surface area contributed by atoms with Crippen LogP contribution >= 0.6 is 8.22 Å². The van der Waals surface area contributed by atoms with Crippen molar-refractivity contribution in [3.63, 3.8) is 0 Å². The van der Waals surface area contributed by atoms with Crippen LogP contribution in [0.5, 0.6) is 0 Å². The van der Waals surface area contributed by atoms with E-state index in [9.17, 15) is 9.59 Å². The number of anilines is 3. The van der Waals surface area contributed by atoms with Crippen LogP contribution in [0.4, 0.5) is 26.7 Å². The third-order valence-corrected chi connectivity index (χ3v) is 7.45. The molecule has 6 heteroatoms. The summed E-state index contributed by atoms with van der Waals surface area (Å²) in [6, 6.07) is 37.1. The Morgan fingerprint density at radius 2 is 0.781 bits per heavy atom. The van der Waals surface area contributed by atoms with Crippen LogP contribution in [0.15, 0.2) is 121 Å². The molecule has 0 aliphatic carbocycles. The second-order valence-electron chi connectivity index (χ2n) is 7.16. The summed E-state index contributed by atoms with van der Waals surface area (Å²) in [6.45, 7) is 0. The molecule has 0 bridgehead atoms. The molecule has 4 aromatic carbocycles. The van der Waals surface area contributed by atoms with E-state index in [0.29, 0.717) is 5.69 Å². The number of carbonyl (C=O) groups is 2. The fraction of sp³-hybridized carbons (Fsp3) is 0. The molecule has 1 saturated heterocycles. The Labute approximate surface area is 188 Å². The minimum Gasteiger partial charge on any atom is -0.249 e. The van der Waals surface area contributed by atoms with Gasteiger partial charge in [-0.1, -0.05) is 84.9 Å². The number of para-hydroxylation sites is 3. The molecule has 4 amide bonds. The molecule has 1 heterocycles. The molecule has 156 valence electrons. The number of carbonyl (C=O) groups excluding carboxylic acids is 2. The van der Waals surface area contributed by atoms with Crippen LogP contribution in [0.3, 0.4) is 0 Å². The van der Waals surface area contributed by atoms with Gasteiger partial charge < -0.3 is 0 Å². The lowest BCUT2D eigenvalue weighted by atomic mass is 10.3. The first kappa shape index (κ1) is 20.0. The molecule has 1 fully saturated rings. The van der Waals surface area contributed by atoms with Gasteiger partial charge in [-0.2, -0.15) is 0 Å². The summed E-state index contributed by atoms with van der Waals surface area (Å²) in [6.07, 6.45) is 0. The SMILES string of the molecule is O=C1N(c2ccccc2)C(=O)N(c2ccccc2)P(c2ccccc2)N1c1ccccc1. The van der Waals surface area contributed by atoms with Gasteiger partial charge in [0.1, 0.15) is 8.22 Å². The molecular weight excluding hydrogens is 417 g/mol. The Morgan fingerprint density at radius 1 is 0.438 bits per heavy atom. The first-order valence-electron chi connectivity index (χ1n) is 10.2. The second-order valence-corrected chi connectivity index (χ2v) is 9.05. The third-order valence-electron chi connectivity index (χ3n) is 5.13. The molecule has 1 aliphatic rings. The van der Waals surface area contributed by atoms with Crippen LogP contribution in [0.25, 0.3) is 0 Å². The van der Waals surface area contributed by atoms with Gasteiger partial charge in [-0.3, -0.25) is 0 Å². The fourth-order valence-corrected chi connectivity index (χ4v) is 5.98. The number of urea groups is 2. The van der Waals surface area contributed by atoms with E-state index in [1.54, 1.807) is 21.5 Å². The lowest BCUT2D eigenvalue weighted by molar-refractivity contribution is 0.242. The largest absolute Gasteiger partial charge is 0.342 e. The van der Waals surface area contributed by atoms with Crippen molar-refractivity contribution >= 4 is 42.7 Å². The fourth-order valence-electron chi connectivity index (χ4n) is 3.69. The van der Waals surface area contributed by atoms with Gasteiger partial charge in [0.05, 0.1) is 17.1 Å². The molecule has 0 N–H and O–H groups in total. The summed E-state index contributed by atoms with van der Waals surface area (Å²) in [4.78, 5) is 29.1. The van der Waals surface area contributed by atoms with Crippen LogP contribution in [0.2, 0.25) is 0 Å². The van der Waals surface area contributed by atoms with Gasteiger partial charge in [-0.15, -0.1) is 0 Å². The highest BCUT2D eigenvalue weighted by atomic mass is 31.1. The second kappa shape index (κ2) is 8.66. The smallest absolute Gasteiger partial charge is 0.249 e. The maximum Gasteiger partial charge on any atom is 0.342 e. The standard InChI is InChI=1S/C26H20N3O2P/c30-25-27(21-13-5-1-6-14-21)26(31)29(23-17-9-3-10-18-23)32(24-19-11-4-12-20-24)28(25)22-15-7-2-8-16-22/h1-20H. The Kier molecular flexibility index (Phi) is 5.40. The molecule has 0 saturated carbocycles. The summed E-state index contributed by atoms with van der Waals surface area (Å²) in [5.41, 5.74) is 2.01. The number of hydrogen-bond acceptors (Lipinski definition) is 2. The molecule has 0 spiro atoms. The first-order chi connectivity index (χ1) is 15.8. The predicted octanol–water partition coefficient (Wildman–Crippen LogP) is 6.40. The number of nitrogens with zero attached hydrogens (tertiary/aromatic N) is 3. The summed E-state index contributed by atoms with van der Waals surface area (Å²) in [5.74, 6) is 0. The van der Waals surface area contributed by atoms with Crippen LogP contribution in [0, 0.1) is 0 Å². The lowest BCUT2D eigenvalue weighted by Crippen LogP contribution is -2.58. The van der Waals surface area contributed by atoms with Crippen molar-refractivity contribution in [1.29, 1.82) is 0 Å². The molecular formula is C26H20N3O2P. The molecule has 32 heavy (non-hydrogen) atoms. The summed E-state index contributed by atoms with van der Waals surface area (Å²) in [7, 11) is -1.52. The molecule has 0 aromatic heterocycles. The maximum absolute atomic E-state index is 13.9. The van der Waals surface area contributed by atoms with Crippen molar-refractivity contribution in [3.8, 4) is 0 Å². The first-order valence-corrected chi connectivity index (χ1v) is 11.5. The molecule has 5 rings (SSSR count). The number of imide groups is 1. The molecule has 1 aliphatic heterocycles. The van der Waals surface area contributed by atoms with E-state index in [0.717, 1.165) is 16.7 Å². The zero-order valence-electron chi connectivity index (χ0n) is 17.2. The van der Waals surface area contributed by atoms with Crippen molar-refractivity contribution in [2.75, 3.05) is 14.2 Å². The predicted molar refractivity (Wildman–Crippen MR) is 131 cm³/mol. The van der Waals surface area contributed by atoms with Gasteiger partial charge in [-0.05, 0) is 36.4 Å². The van der Waals surface area contributed by atoms with Crippen LogP contribution in [-0.2, 0) is 0 Å². The highest BCUT2D eigenvalue weighted by molar-refractivity contribution is 7.71. The summed E-state index contributed by atoms with van der Waals surface area (Å²) < 4.78 is 3.48. The molecule has 0 atom stereocenters. The van der Waals surface area contributed by atoms with Crippen LogP contribution < -0.4 is 19.5 Å². The molecule has 0 unspecified atom stereocenters. The van der Waals surface area contributed by atoms with Crippen LogP contribution in [-0.4, -0.2) is 12.1 Å². The van der Waals surface area contributed by atoms with Crippen molar-refractivity contribution in [2.45, 2.75) is 0 Å². The number of hydrogen-bond donors (Lipinski definition) is 0. The number of amides is 4. The Hall–Kier alpha value is -3.95. The zero-order chi connectivity index (χ0) is 21.9. The van der Waals surface area contributed by atoms with Gasteiger partial charge >= 0.3 is 12.1 Å². The minimum atomic E-state index is -1.52. The number of benzene rings is 4. The van der Waals surface area contributed by atoms with Gasteiger partial charge in [0.15, 0.2) is 0 Å². The third kappa shape index (κ3) is 3.53. The van der Waals surface area contributed by atoms with Crippen molar-refractivity contribution in [2.24, 2.45) is 0 Å². The van der Waals surface area contributed by atoms with E-state index in [4.69, 9.17) is 0 Å². The van der Waals surface area contributed by atoms with E-state index in [2.05, 4.69) is 0 Å². The van der Waals surface area contributed by atoms with Gasteiger partial charge in [0, 0.05) is 5.30 Å². The van der Waals surface area contributed by atoms with Crippen LogP contribution in [0.1, 0.15) is 0 Å². The average molecular weight is 437 g/mol. The van der Waals surface area contributed by atoms with Gasteiger partial charge in [0.2, 0.25) is 0 Å². The normalized spacial score (nSPS) is 14.7. The summed E-state index contributed by atoms with van der Waals surface area (Å²) in [5, 5.41) is 0.907. The quantitative estimate of drug-likeness (QED) is 0.347. The van der Waals surface area contributed by atoms with Gasteiger partial charge in [-0.25, -0.2) is 23.8 Å². The van der Waals surface area contributed by atoms with E-state index in [1.165, 1.54) is 4.90 Å². The average Bonchev–Trinajstić information content (AvgIpc) is 2.86. The Bertz CT molecular complexity index is 1160. The highest BCUT2D eigenvalue weighted by Gasteiger charge is 2.47. The summed E-state index contributed by atoms with van der Waals surface area (Å²) >= 11 is 0. The van der Waals surface area contributed by atoms with Gasteiger partial charge in [0.25, 0.3) is 0 Å². The minimum absolute atomic E-state index is 0.366. The molecule has 4 aromatic rings. The van der Waals surface area contributed by atoms with E-state index < -0.39 is 8.22 Å².